The molecule has 1 heterocycles. The Morgan fingerprint density at radius 3 is 3.00 bits per heavy atom. The lowest BCUT2D eigenvalue weighted by molar-refractivity contribution is 0.476. The SMILES string of the molecule is NCc1cc2ccc(O)cc2[c]n1. The molecule has 0 fully saturated rings. The first kappa shape index (κ1) is 8.01. The van der Waals surface area contributed by atoms with Crippen molar-refractivity contribution in [1.82, 2.24) is 4.98 Å². The zero-order valence-electron chi connectivity index (χ0n) is 6.99. The number of benzene rings is 1. The number of nitrogens with zero attached hydrogens (tertiary/aromatic N) is 1. The second kappa shape index (κ2) is 3.03. The molecular weight excluding hydrogens is 164 g/mol. The zero-order valence-corrected chi connectivity index (χ0v) is 6.99. The van der Waals surface area contributed by atoms with Crippen molar-refractivity contribution in [3.63, 3.8) is 0 Å². The summed E-state index contributed by atoms with van der Waals surface area (Å²) in [5, 5.41) is 11.0. The number of hydrogen-bond donors (Lipinski definition) is 2. The maximum Gasteiger partial charge on any atom is 0.116 e. The molecule has 0 saturated carbocycles. The lowest BCUT2D eigenvalue weighted by Gasteiger charge is -1.99. The highest BCUT2D eigenvalue weighted by Crippen LogP contribution is 2.18. The van der Waals surface area contributed by atoms with E-state index in [9.17, 15) is 5.11 Å². The maximum atomic E-state index is 9.18. The van der Waals surface area contributed by atoms with Crippen LogP contribution in [0.2, 0.25) is 0 Å². The van der Waals surface area contributed by atoms with Gasteiger partial charge in [0.1, 0.15) is 5.75 Å². The quantitative estimate of drug-likeness (QED) is 0.681. The fourth-order valence-electron chi connectivity index (χ4n) is 1.22. The minimum atomic E-state index is 0.228. The Morgan fingerprint density at radius 2 is 2.23 bits per heavy atom. The van der Waals surface area contributed by atoms with Gasteiger partial charge in [0.05, 0.1) is 11.9 Å². The Labute approximate surface area is 75.8 Å². The molecule has 0 unspecified atom stereocenters. The highest BCUT2D eigenvalue weighted by Gasteiger charge is 1.97. The van der Waals surface area contributed by atoms with Crippen LogP contribution in [0.25, 0.3) is 10.8 Å². The number of nitrogens with two attached hydrogens (primary N) is 1. The molecule has 1 aromatic heterocycles. The minimum absolute atomic E-state index is 0.228. The van der Waals surface area contributed by atoms with E-state index in [1.54, 1.807) is 12.1 Å². The van der Waals surface area contributed by atoms with Crippen LogP contribution in [0.1, 0.15) is 5.69 Å². The van der Waals surface area contributed by atoms with E-state index in [2.05, 4.69) is 11.2 Å². The van der Waals surface area contributed by atoms with Crippen molar-refractivity contribution in [3.8, 4) is 5.75 Å². The summed E-state index contributed by atoms with van der Waals surface area (Å²) >= 11 is 0. The summed E-state index contributed by atoms with van der Waals surface area (Å²) in [6, 6.07) is 6.98. The fraction of sp³-hybridized carbons (Fsp3) is 0.100. The van der Waals surface area contributed by atoms with Gasteiger partial charge >= 0.3 is 0 Å². The number of phenols is 1. The minimum Gasteiger partial charge on any atom is -0.508 e. The van der Waals surface area contributed by atoms with Crippen LogP contribution in [0.5, 0.6) is 5.75 Å². The van der Waals surface area contributed by atoms with Crippen molar-refractivity contribution in [2.75, 3.05) is 0 Å². The van der Waals surface area contributed by atoms with Crippen LogP contribution in [-0.4, -0.2) is 10.1 Å². The molecule has 2 aromatic rings. The number of fused-ring (bicyclic) bond motifs is 1. The van der Waals surface area contributed by atoms with Gasteiger partial charge in [0, 0.05) is 11.9 Å². The van der Waals surface area contributed by atoms with E-state index >= 15 is 0 Å². The first-order chi connectivity index (χ1) is 6.29. The summed E-state index contributed by atoms with van der Waals surface area (Å²) < 4.78 is 0. The van der Waals surface area contributed by atoms with E-state index in [0.29, 0.717) is 6.54 Å². The van der Waals surface area contributed by atoms with Gasteiger partial charge in [0.2, 0.25) is 0 Å². The van der Waals surface area contributed by atoms with Crippen molar-refractivity contribution in [2.45, 2.75) is 6.54 Å². The first-order valence-electron chi connectivity index (χ1n) is 4.00. The number of rotatable bonds is 1. The van der Waals surface area contributed by atoms with E-state index in [4.69, 9.17) is 5.73 Å². The van der Waals surface area contributed by atoms with E-state index < -0.39 is 0 Å². The molecule has 1 aromatic carbocycles. The maximum absolute atomic E-state index is 9.18. The van der Waals surface area contributed by atoms with Crippen LogP contribution in [-0.2, 0) is 6.54 Å². The van der Waals surface area contributed by atoms with Crippen molar-refractivity contribution < 1.29 is 5.11 Å². The molecule has 3 heteroatoms. The van der Waals surface area contributed by atoms with Crippen molar-refractivity contribution in [3.05, 3.63) is 36.2 Å². The van der Waals surface area contributed by atoms with Gasteiger partial charge in [0.25, 0.3) is 0 Å². The van der Waals surface area contributed by atoms with Gasteiger partial charge in [-0.25, -0.2) is 4.98 Å². The summed E-state index contributed by atoms with van der Waals surface area (Å²) in [7, 11) is 0. The number of aromatic nitrogens is 1. The first-order valence-corrected chi connectivity index (χ1v) is 4.00. The second-order valence-corrected chi connectivity index (χ2v) is 2.83. The average Bonchev–Trinajstić information content (AvgIpc) is 2.17. The Bertz CT molecular complexity index is 440. The molecule has 3 N–H and O–H groups in total. The lowest BCUT2D eigenvalue weighted by Crippen LogP contribution is -1.98. The van der Waals surface area contributed by atoms with E-state index in [-0.39, 0.29) is 5.75 Å². The van der Waals surface area contributed by atoms with Crippen molar-refractivity contribution in [2.24, 2.45) is 5.73 Å². The third-order valence-electron chi connectivity index (χ3n) is 1.89. The normalized spacial score (nSPS) is 10.5. The van der Waals surface area contributed by atoms with Gasteiger partial charge in [-0.2, -0.15) is 0 Å². The fourth-order valence-corrected chi connectivity index (χ4v) is 1.22. The van der Waals surface area contributed by atoms with Crippen LogP contribution < -0.4 is 5.73 Å². The van der Waals surface area contributed by atoms with Crippen molar-refractivity contribution >= 4 is 10.8 Å². The second-order valence-electron chi connectivity index (χ2n) is 2.83. The average molecular weight is 173 g/mol. The molecule has 13 heavy (non-hydrogen) atoms. The molecule has 0 aliphatic heterocycles. The molecule has 0 saturated heterocycles. The van der Waals surface area contributed by atoms with E-state index in [0.717, 1.165) is 16.5 Å². The Morgan fingerprint density at radius 1 is 1.38 bits per heavy atom. The largest absolute Gasteiger partial charge is 0.508 e. The van der Waals surface area contributed by atoms with Crippen LogP contribution in [0.3, 0.4) is 0 Å². The third-order valence-corrected chi connectivity index (χ3v) is 1.89. The summed E-state index contributed by atoms with van der Waals surface area (Å²) in [6.07, 6.45) is 2.82. The highest BCUT2D eigenvalue weighted by molar-refractivity contribution is 5.82. The predicted octanol–water partition coefficient (Wildman–Crippen LogP) is 1.20. The molecule has 3 nitrogen and oxygen atoms in total. The molecular formula is C10H9N2O. The van der Waals surface area contributed by atoms with Gasteiger partial charge in [-0.15, -0.1) is 0 Å². The number of phenolic OH excluding ortho intramolecular Hbond substituents is 1. The topological polar surface area (TPSA) is 59.1 Å². The summed E-state index contributed by atoms with van der Waals surface area (Å²) in [4.78, 5) is 4.01. The number of pyridine rings is 1. The lowest BCUT2D eigenvalue weighted by atomic mass is 10.1. The van der Waals surface area contributed by atoms with Gasteiger partial charge in [-0.3, -0.25) is 0 Å². The van der Waals surface area contributed by atoms with Gasteiger partial charge < -0.3 is 10.8 Å². The predicted molar refractivity (Wildman–Crippen MR) is 50.1 cm³/mol. The number of hydrogen-bond acceptors (Lipinski definition) is 3. The van der Waals surface area contributed by atoms with Crippen LogP contribution in [0.15, 0.2) is 24.3 Å². The van der Waals surface area contributed by atoms with Gasteiger partial charge in [-0.1, -0.05) is 6.07 Å². The Hall–Kier alpha value is -1.61. The van der Waals surface area contributed by atoms with Gasteiger partial charge in [0.15, 0.2) is 0 Å². The molecule has 65 valence electrons. The standard InChI is InChI=1S/C10H9N2O/c11-5-9-3-7-1-2-10(13)4-8(7)6-12-9/h1-4,13H,5,11H2. The molecule has 0 aliphatic rings. The smallest absolute Gasteiger partial charge is 0.116 e. The molecule has 0 bridgehead atoms. The van der Waals surface area contributed by atoms with Crippen LogP contribution >= 0.6 is 0 Å². The molecule has 0 spiro atoms. The van der Waals surface area contributed by atoms with E-state index in [1.807, 2.05) is 12.1 Å². The zero-order chi connectivity index (χ0) is 9.26. The molecule has 0 atom stereocenters. The van der Waals surface area contributed by atoms with E-state index in [1.165, 1.54) is 0 Å². The third kappa shape index (κ3) is 1.46. The van der Waals surface area contributed by atoms with Crippen LogP contribution in [0.4, 0.5) is 0 Å². The Balaban J connectivity index is 2.66. The molecule has 2 rings (SSSR count). The molecule has 1 radical (unpaired) electrons. The summed E-state index contributed by atoms with van der Waals surface area (Å²) in [5.41, 5.74) is 6.24. The molecule has 0 amide bonds. The highest BCUT2D eigenvalue weighted by atomic mass is 16.3. The monoisotopic (exact) mass is 173 g/mol. The van der Waals surface area contributed by atoms with Gasteiger partial charge in [-0.05, 0) is 23.6 Å². The van der Waals surface area contributed by atoms with Crippen LogP contribution in [0, 0.1) is 6.20 Å². The summed E-state index contributed by atoms with van der Waals surface area (Å²) in [6.45, 7) is 0.410. The summed E-state index contributed by atoms with van der Waals surface area (Å²) in [5.74, 6) is 0.228. The molecule has 0 aliphatic carbocycles. The Kier molecular flexibility index (Phi) is 1.87. The number of aromatic hydroxyl groups is 1. The van der Waals surface area contributed by atoms with Crippen molar-refractivity contribution in [1.29, 1.82) is 0 Å².